The largest absolute Gasteiger partial charge is 0.480 e. The molecule has 18 heteroatoms. The van der Waals surface area contributed by atoms with Crippen molar-refractivity contribution in [3.8, 4) is 22.9 Å². The van der Waals surface area contributed by atoms with Gasteiger partial charge in [0, 0.05) is 43.1 Å². The van der Waals surface area contributed by atoms with Crippen molar-refractivity contribution in [1.82, 2.24) is 32.3 Å². The minimum Gasteiger partial charge on any atom is -0.480 e. The Morgan fingerprint density at radius 3 is 2.48 bits per heavy atom. The first kappa shape index (κ1) is 42.6. The molecule has 326 valence electrons. The van der Waals surface area contributed by atoms with Crippen molar-refractivity contribution in [2.45, 2.75) is 82.5 Å². The summed E-state index contributed by atoms with van der Waals surface area (Å²) in [6.45, 7) is 5.53. The number of alkyl halides is 3. The zero-order valence-corrected chi connectivity index (χ0v) is 37.3. The van der Waals surface area contributed by atoms with Crippen molar-refractivity contribution in [3.63, 3.8) is 0 Å². The maximum Gasteiger partial charge on any atom is 0.438 e. The molecule has 3 fully saturated rings. The Kier molecular flexibility index (Phi) is 11.8. The zero-order chi connectivity index (χ0) is 43.3. The van der Waals surface area contributed by atoms with Crippen LogP contribution in [0.4, 0.5) is 24.7 Å². The van der Waals surface area contributed by atoms with Crippen molar-refractivity contribution in [2.24, 2.45) is 5.92 Å². The molecule has 1 amide bonds. The van der Waals surface area contributed by atoms with Gasteiger partial charge in [-0.1, -0.05) is 30.3 Å². The summed E-state index contributed by atoms with van der Waals surface area (Å²) in [5.41, 5.74) is 6.14. The van der Waals surface area contributed by atoms with E-state index >= 15 is 0 Å². The van der Waals surface area contributed by atoms with Crippen LogP contribution in [0.25, 0.3) is 22.0 Å². The average molecular weight is 983 g/mol. The number of methoxy groups -OCH3 is 1. The first-order valence-corrected chi connectivity index (χ1v) is 23.3. The third-order valence-electron chi connectivity index (χ3n) is 12.3. The highest BCUT2D eigenvalue weighted by Gasteiger charge is 2.44. The van der Waals surface area contributed by atoms with Crippen LogP contribution >= 0.6 is 22.9 Å². The lowest BCUT2D eigenvalue weighted by atomic mass is 9.93. The number of pyridine rings is 2. The number of carbonyl (C=O) groups excluding carboxylic acids is 1. The summed E-state index contributed by atoms with van der Waals surface area (Å²) in [4.78, 5) is 35.0. The third kappa shape index (κ3) is 8.54. The molecule has 2 atom stereocenters. The Morgan fingerprint density at radius 1 is 0.952 bits per heavy atom. The van der Waals surface area contributed by atoms with Crippen LogP contribution in [-0.2, 0) is 40.5 Å². The molecule has 9 rings (SSSR count). The Labute approximate surface area is 372 Å². The number of halogens is 4. The summed E-state index contributed by atoms with van der Waals surface area (Å²) in [5, 5.41) is 3.95. The SMILES string of the molecule is COc1nc(O[C@@H]2CCc3c(-c4cccc(Nc5nccc6cc(CN7CC[C@@H](C(=O)N(I)S(=O)(=O)C8CC8)C7)cnc56)c4C)cccc32)c(C(F)(F)F)nc1CN1CCCC1. The maximum absolute atomic E-state index is 14.5. The lowest BCUT2D eigenvalue weighted by Crippen LogP contribution is -2.36. The molecule has 0 unspecified atom stereocenters. The van der Waals surface area contributed by atoms with Gasteiger partial charge in [0.2, 0.25) is 33.4 Å². The molecule has 0 radical (unpaired) electrons. The normalized spacial score (nSPS) is 19.5. The van der Waals surface area contributed by atoms with Crippen LogP contribution in [0.5, 0.6) is 11.8 Å². The topological polar surface area (TPSA) is 143 Å². The number of amides is 1. The summed E-state index contributed by atoms with van der Waals surface area (Å²) in [5.74, 6) is -0.705. The van der Waals surface area contributed by atoms with Gasteiger partial charge in [0.25, 0.3) is 0 Å². The van der Waals surface area contributed by atoms with Crippen molar-refractivity contribution < 1.29 is 35.9 Å². The molecule has 2 saturated heterocycles. The van der Waals surface area contributed by atoms with E-state index < -0.39 is 39.1 Å². The molecule has 0 bridgehead atoms. The highest BCUT2D eigenvalue weighted by atomic mass is 127. The van der Waals surface area contributed by atoms with E-state index in [0.29, 0.717) is 63.1 Å². The van der Waals surface area contributed by atoms with Crippen LogP contribution in [0.3, 0.4) is 0 Å². The Morgan fingerprint density at radius 2 is 1.73 bits per heavy atom. The minimum atomic E-state index is -4.78. The molecule has 2 aromatic carbocycles. The number of rotatable bonds is 13. The molecular weight excluding hydrogens is 936 g/mol. The molecule has 62 heavy (non-hydrogen) atoms. The van der Waals surface area contributed by atoms with E-state index in [1.54, 1.807) is 29.1 Å². The first-order valence-electron chi connectivity index (χ1n) is 20.9. The zero-order valence-electron chi connectivity index (χ0n) is 34.3. The van der Waals surface area contributed by atoms with Crippen LogP contribution in [0, 0.1) is 12.8 Å². The van der Waals surface area contributed by atoms with Gasteiger partial charge >= 0.3 is 6.18 Å². The van der Waals surface area contributed by atoms with Gasteiger partial charge in [-0.05, 0) is 123 Å². The van der Waals surface area contributed by atoms with Crippen LogP contribution in [0.1, 0.15) is 78.3 Å². The molecule has 4 aliphatic rings. The maximum atomic E-state index is 14.5. The summed E-state index contributed by atoms with van der Waals surface area (Å²) >= 11 is 1.65. The standard InChI is InChI=1S/C44H46F3IN8O5S/c1-26-31(32-8-5-9-34-33(32)13-14-37(34)61-42-39(44(45,46)47)51-36(41(53-42)60-2)25-54-18-3-4-19-54)7-6-10-35(26)52-40-38-28(15-17-49-40)21-27(22-50-38)23-55-20-16-29(24-55)43(57)56(48)62(58,59)30-11-12-30/h5-10,15,17,21-22,29-30,37H,3-4,11-14,16,18-20,23-25H2,1-2H3,(H,49,52)/t29-,37-/m1/s1. The summed E-state index contributed by atoms with van der Waals surface area (Å²) in [7, 11) is -2.20. The summed E-state index contributed by atoms with van der Waals surface area (Å²) < 4.78 is 81.2. The molecule has 1 N–H and O–H groups in total. The van der Waals surface area contributed by atoms with Gasteiger partial charge < -0.3 is 14.8 Å². The lowest BCUT2D eigenvalue weighted by molar-refractivity contribution is -0.143. The van der Waals surface area contributed by atoms with Gasteiger partial charge in [0.1, 0.15) is 17.3 Å². The summed E-state index contributed by atoms with van der Waals surface area (Å²) in [6.07, 6.45) is 2.93. The molecule has 2 aliphatic heterocycles. The number of benzene rings is 2. The second kappa shape index (κ2) is 17.1. The molecule has 3 aromatic heterocycles. The van der Waals surface area contributed by atoms with Gasteiger partial charge in [-0.25, -0.2) is 18.4 Å². The molecule has 5 heterocycles. The Hall–Kier alpha value is -4.66. The van der Waals surface area contributed by atoms with Crippen LogP contribution in [0.15, 0.2) is 60.9 Å². The number of aromatic nitrogens is 4. The van der Waals surface area contributed by atoms with Crippen molar-refractivity contribution in [3.05, 3.63) is 94.6 Å². The van der Waals surface area contributed by atoms with Crippen molar-refractivity contribution >= 4 is 61.2 Å². The molecular formula is C44H46F3IN8O5S. The Bertz CT molecular complexity index is 2640. The monoisotopic (exact) mass is 982 g/mol. The van der Waals surface area contributed by atoms with Gasteiger partial charge in [-0.2, -0.15) is 20.7 Å². The smallest absolute Gasteiger partial charge is 0.438 e. The fraction of sp³-hybridized carbons (Fsp3) is 0.432. The van der Waals surface area contributed by atoms with Crippen molar-refractivity contribution in [1.29, 1.82) is 0 Å². The number of nitrogens with zero attached hydrogens (tertiary/aromatic N) is 7. The number of likely N-dealkylation sites (tertiary alicyclic amines) is 2. The van der Waals surface area contributed by atoms with E-state index in [9.17, 15) is 26.4 Å². The van der Waals surface area contributed by atoms with Crippen LogP contribution in [-0.4, -0.2) is 85.1 Å². The van der Waals surface area contributed by atoms with Crippen molar-refractivity contribution in [2.75, 3.05) is 38.6 Å². The molecule has 5 aromatic rings. The van der Waals surface area contributed by atoms with E-state index in [-0.39, 0.29) is 29.9 Å². The highest BCUT2D eigenvalue weighted by Crippen LogP contribution is 2.44. The average Bonchev–Trinajstić information content (AvgIpc) is 3.58. The molecule has 1 saturated carbocycles. The quantitative estimate of drug-likeness (QED) is 0.0896. The second-order valence-electron chi connectivity index (χ2n) is 16.5. The molecule has 2 aliphatic carbocycles. The highest BCUT2D eigenvalue weighted by molar-refractivity contribution is 14.1. The third-order valence-corrected chi connectivity index (χ3v) is 16.4. The number of sulfonamides is 1. The predicted octanol–water partition coefficient (Wildman–Crippen LogP) is 8.32. The Balaban J connectivity index is 0.913. The fourth-order valence-electron chi connectivity index (χ4n) is 8.93. The fourth-order valence-corrected chi connectivity index (χ4v) is 11.7. The van der Waals surface area contributed by atoms with Gasteiger partial charge in [0.15, 0.2) is 5.82 Å². The number of hydrogen-bond acceptors (Lipinski definition) is 12. The van der Waals surface area contributed by atoms with Crippen LogP contribution in [0.2, 0.25) is 0 Å². The first-order chi connectivity index (χ1) is 29.8. The second-order valence-corrected chi connectivity index (χ2v) is 20.2. The molecule has 13 nitrogen and oxygen atoms in total. The number of carbonyl (C=O) groups is 1. The number of ether oxygens (including phenoxy) is 2. The van der Waals surface area contributed by atoms with Gasteiger partial charge in [0.05, 0.1) is 41.1 Å². The summed E-state index contributed by atoms with van der Waals surface area (Å²) in [6, 6.07) is 15.7. The van der Waals surface area contributed by atoms with E-state index in [4.69, 9.17) is 14.5 Å². The number of anilines is 2. The van der Waals surface area contributed by atoms with Gasteiger partial charge in [-0.15, -0.1) is 0 Å². The lowest BCUT2D eigenvalue weighted by Gasteiger charge is -2.21. The van der Waals surface area contributed by atoms with E-state index in [2.05, 4.69) is 31.2 Å². The van der Waals surface area contributed by atoms with E-state index in [0.717, 1.165) is 72.9 Å². The number of hydrogen-bond donors (Lipinski definition) is 1. The molecule has 0 spiro atoms. The van der Waals surface area contributed by atoms with E-state index in [1.165, 1.54) is 7.11 Å². The number of nitrogens with one attached hydrogen (secondary N) is 1. The number of fused-ring (bicyclic) bond motifs is 2. The van der Waals surface area contributed by atoms with Gasteiger partial charge in [-0.3, -0.25) is 19.6 Å². The van der Waals surface area contributed by atoms with Crippen LogP contribution < -0.4 is 14.8 Å². The predicted molar refractivity (Wildman–Crippen MR) is 235 cm³/mol. The van der Waals surface area contributed by atoms with E-state index in [1.807, 2.05) is 60.5 Å². The minimum absolute atomic E-state index is 0.0299.